The maximum absolute atomic E-state index is 13.5. The van der Waals surface area contributed by atoms with Gasteiger partial charge in [-0.25, -0.2) is 13.6 Å². The van der Waals surface area contributed by atoms with Crippen LogP contribution in [0.3, 0.4) is 0 Å². The second-order valence-electron chi connectivity index (χ2n) is 7.68. The Kier molecular flexibility index (Phi) is 5.89. The van der Waals surface area contributed by atoms with Crippen molar-refractivity contribution in [2.45, 2.75) is 18.9 Å². The van der Waals surface area contributed by atoms with Crippen molar-refractivity contribution >= 4 is 34.4 Å². The van der Waals surface area contributed by atoms with E-state index in [0.717, 1.165) is 28.6 Å². The van der Waals surface area contributed by atoms with E-state index in [1.54, 1.807) is 6.20 Å². The average Bonchev–Trinajstić information content (AvgIpc) is 3.35. The Morgan fingerprint density at radius 1 is 1.22 bits per heavy atom. The van der Waals surface area contributed by atoms with Gasteiger partial charge in [0.2, 0.25) is 11.8 Å². The normalized spacial score (nSPS) is 16.9. The molecule has 9 heteroatoms. The van der Waals surface area contributed by atoms with Gasteiger partial charge in [0, 0.05) is 48.2 Å². The molecule has 1 aliphatic heterocycles. The molecule has 1 unspecified atom stereocenters. The number of H-pyrrole nitrogens is 1. The largest absolute Gasteiger partial charge is 0.467 e. The lowest BCUT2D eigenvalue weighted by molar-refractivity contribution is -0.145. The number of methoxy groups -OCH3 is 1. The highest BCUT2D eigenvalue weighted by atomic mass is 19.1. The zero-order valence-corrected chi connectivity index (χ0v) is 17.2. The first-order chi connectivity index (χ1) is 15.4. The van der Waals surface area contributed by atoms with Gasteiger partial charge in [-0.2, -0.15) is 0 Å². The number of rotatable bonds is 6. The number of amides is 2. The number of hydrogen-bond acceptors (Lipinski definition) is 4. The molecule has 1 saturated heterocycles. The van der Waals surface area contributed by atoms with Crippen LogP contribution in [0.1, 0.15) is 12.0 Å². The van der Waals surface area contributed by atoms with Crippen molar-refractivity contribution < 1.29 is 27.9 Å². The summed E-state index contributed by atoms with van der Waals surface area (Å²) in [5, 5.41) is 3.60. The first kappa shape index (κ1) is 21.5. The Morgan fingerprint density at radius 3 is 2.66 bits per heavy atom. The summed E-state index contributed by atoms with van der Waals surface area (Å²) >= 11 is 0. The highest BCUT2D eigenvalue weighted by Crippen LogP contribution is 2.27. The van der Waals surface area contributed by atoms with E-state index in [1.807, 2.05) is 24.3 Å². The van der Waals surface area contributed by atoms with Crippen molar-refractivity contribution in [2.24, 2.45) is 5.92 Å². The molecule has 1 aromatic heterocycles. The molecule has 0 bridgehead atoms. The molecular formula is C23H21F2N3O4. The van der Waals surface area contributed by atoms with E-state index in [4.69, 9.17) is 4.74 Å². The minimum Gasteiger partial charge on any atom is -0.467 e. The molecule has 2 heterocycles. The predicted molar refractivity (Wildman–Crippen MR) is 113 cm³/mol. The van der Waals surface area contributed by atoms with Crippen molar-refractivity contribution in [1.29, 1.82) is 0 Å². The molecule has 32 heavy (non-hydrogen) atoms. The van der Waals surface area contributed by atoms with Crippen molar-refractivity contribution in [3.63, 3.8) is 0 Å². The monoisotopic (exact) mass is 441 g/mol. The molecule has 2 aromatic carbocycles. The van der Waals surface area contributed by atoms with Crippen LogP contribution in [0.4, 0.5) is 14.5 Å². The fourth-order valence-corrected chi connectivity index (χ4v) is 3.97. The number of ether oxygens (including phenoxy) is 1. The molecule has 7 nitrogen and oxygen atoms in total. The number of carbonyl (C=O) groups is 3. The first-order valence-corrected chi connectivity index (χ1v) is 10.1. The number of para-hydroxylation sites is 1. The Labute approximate surface area is 182 Å². The van der Waals surface area contributed by atoms with Gasteiger partial charge in [-0.1, -0.05) is 18.2 Å². The summed E-state index contributed by atoms with van der Waals surface area (Å²) < 4.78 is 31.9. The number of hydrogen-bond donors (Lipinski definition) is 2. The van der Waals surface area contributed by atoms with Crippen LogP contribution in [0.15, 0.2) is 48.7 Å². The second kappa shape index (κ2) is 8.78. The Balaban J connectivity index is 1.49. The topological polar surface area (TPSA) is 91.5 Å². The average molecular weight is 441 g/mol. The summed E-state index contributed by atoms with van der Waals surface area (Å²) in [6.07, 6.45) is 1.83. The van der Waals surface area contributed by atoms with Crippen molar-refractivity contribution in [1.82, 2.24) is 10.3 Å². The van der Waals surface area contributed by atoms with Gasteiger partial charge in [-0.05, 0) is 23.8 Å². The highest BCUT2D eigenvalue weighted by molar-refractivity contribution is 6.01. The number of nitrogens with one attached hydrogen (secondary N) is 2. The van der Waals surface area contributed by atoms with E-state index < -0.39 is 41.4 Å². The van der Waals surface area contributed by atoms with E-state index in [-0.39, 0.29) is 25.1 Å². The van der Waals surface area contributed by atoms with E-state index >= 15 is 0 Å². The van der Waals surface area contributed by atoms with Crippen LogP contribution in [-0.4, -0.2) is 42.5 Å². The molecule has 2 atom stereocenters. The number of benzene rings is 2. The number of aromatic amines is 1. The molecule has 1 fully saturated rings. The molecular weight excluding hydrogens is 420 g/mol. The van der Waals surface area contributed by atoms with Gasteiger partial charge in [-0.15, -0.1) is 0 Å². The van der Waals surface area contributed by atoms with Crippen LogP contribution in [0.25, 0.3) is 10.9 Å². The Hall–Kier alpha value is -3.75. The van der Waals surface area contributed by atoms with Gasteiger partial charge in [0.25, 0.3) is 0 Å². The lowest BCUT2D eigenvalue weighted by Crippen LogP contribution is -2.46. The van der Waals surface area contributed by atoms with E-state index in [9.17, 15) is 23.2 Å². The number of esters is 1. The zero-order valence-electron chi connectivity index (χ0n) is 17.2. The minimum absolute atomic E-state index is 0.0471. The number of fused-ring (bicyclic) bond motifs is 1. The number of aromatic nitrogens is 1. The first-order valence-electron chi connectivity index (χ1n) is 10.1. The van der Waals surface area contributed by atoms with E-state index in [0.29, 0.717) is 6.07 Å². The quantitative estimate of drug-likeness (QED) is 0.576. The van der Waals surface area contributed by atoms with Crippen LogP contribution >= 0.6 is 0 Å². The van der Waals surface area contributed by atoms with Gasteiger partial charge in [0.15, 0.2) is 0 Å². The lowest BCUT2D eigenvalue weighted by Gasteiger charge is -2.20. The second-order valence-corrected chi connectivity index (χ2v) is 7.68. The fraction of sp³-hybridized carbons (Fsp3) is 0.261. The van der Waals surface area contributed by atoms with Crippen molar-refractivity contribution in [3.05, 3.63) is 65.9 Å². The summed E-state index contributed by atoms with van der Waals surface area (Å²) in [5.74, 6) is -3.95. The van der Waals surface area contributed by atoms with Gasteiger partial charge in [0.05, 0.1) is 13.0 Å². The summed E-state index contributed by atoms with van der Waals surface area (Å²) in [5.41, 5.74) is 1.78. The van der Waals surface area contributed by atoms with Gasteiger partial charge < -0.3 is 19.9 Å². The molecule has 0 saturated carbocycles. The van der Waals surface area contributed by atoms with Crippen LogP contribution < -0.4 is 10.2 Å². The molecule has 0 radical (unpaired) electrons. The number of halogens is 2. The summed E-state index contributed by atoms with van der Waals surface area (Å²) in [6, 6.07) is 9.39. The van der Waals surface area contributed by atoms with Crippen LogP contribution in [-0.2, 0) is 25.5 Å². The number of anilines is 1. The molecule has 0 aliphatic carbocycles. The van der Waals surface area contributed by atoms with Gasteiger partial charge >= 0.3 is 5.97 Å². The number of carbonyl (C=O) groups excluding carboxylic acids is 3. The third kappa shape index (κ3) is 4.32. The molecule has 3 aromatic rings. The Morgan fingerprint density at radius 2 is 1.94 bits per heavy atom. The lowest BCUT2D eigenvalue weighted by atomic mass is 10.0. The molecule has 166 valence electrons. The third-order valence-corrected chi connectivity index (χ3v) is 5.56. The summed E-state index contributed by atoms with van der Waals surface area (Å²) in [4.78, 5) is 41.9. The van der Waals surface area contributed by atoms with Crippen molar-refractivity contribution in [2.75, 3.05) is 18.6 Å². The van der Waals surface area contributed by atoms with Gasteiger partial charge in [0.1, 0.15) is 17.7 Å². The van der Waals surface area contributed by atoms with Gasteiger partial charge in [-0.3, -0.25) is 9.59 Å². The number of nitrogens with zero attached hydrogens (tertiary/aromatic N) is 1. The molecule has 1 aliphatic rings. The smallest absolute Gasteiger partial charge is 0.328 e. The highest BCUT2D eigenvalue weighted by Gasteiger charge is 2.37. The maximum atomic E-state index is 13.5. The standard InChI is InChI=1S/C23H21F2N3O4/c1-32-23(31)20(6-13-11-26-19-5-3-2-4-18(13)19)27-22(30)14-7-21(29)28(12-14)17-9-15(24)8-16(25)10-17/h2-5,8-11,14,20,26H,6-7,12H2,1H3,(H,27,30)/t14?,20-/m1/s1. The van der Waals surface area contributed by atoms with E-state index in [2.05, 4.69) is 10.3 Å². The fourth-order valence-electron chi connectivity index (χ4n) is 3.97. The predicted octanol–water partition coefficient (Wildman–Crippen LogP) is 2.70. The van der Waals surface area contributed by atoms with Crippen LogP contribution in [0.5, 0.6) is 0 Å². The Bertz CT molecular complexity index is 1170. The summed E-state index contributed by atoms with van der Waals surface area (Å²) in [7, 11) is 1.23. The van der Waals surface area contributed by atoms with Crippen molar-refractivity contribution in [3.8, 4) is 0 Å². The van der Waals surface area contributed by atoms with Crippen LogP contribution in [0, 0.1) is 17.6 Å². The van der Waals surface area contributed by atoms with Crippen LogP contribution in [0.2, 0.25) is 0 Å². The molecule has 4 rings (SSSR count). The molecule has 2 amide bonds. The maximum Gasteiger partial charge on any atom is 0.328 e. The minimum atomic E-state index is -0.956. The van der Waals surface area contributed by atoms with E-state index in [1.165, 1.54) is 12.0 Å². The molecule has 2 N–H and O–H groups in total. The third-order valence-electron chi connectivity index (χ3n) is 5.56. The summed E-state index contributed by atoms with van der Waals surface area (Å²) in [6.45, 7) is -0.0471. The zero-order chi connectivity index (χ0) is 22.8. The molecule has 0 spiro atoms. The SMILES string of the molecule is COC(=O)[C@@H](Cc1c[nH]c2ccccc12)NC(=O)C1CC(=O)N(c2cc(F)cc(F)c2)C1.